The molecule has 1 aliphatic rings. The molecule has 5 aromatic rings. The summed E-state index contributed by atoms with van der Waals surface area (Å²) in [5.74, 6) is 0.0352. The number of aromatic amines is 1. The average molecular weight is 584 g/mol. The van der Waals surface area contributed by atoms with Crippen LogP contribution in [0, 0.1) is 5.82 Å². The van der Waals surface area contributed by atoms with Gasteiger partial charge in [-0.1, -0.05) is 48.7 Å². The normalized spacial score (nSPS) is 16.0. The number of halogens is 1. The highest BCUT2D eigenvalue weighted by atomic mass is 32.2. The third kappa shape index (κ3) is 5.24. The molecule has 3 heterocycles. The predicted molar refractivity (Wildman–Crippen MR) is 160 cm³/mol. The molecule has 0 bridgehead atoms. The molecule has 3 aromatic carbocycles. The standard InChI is InChI=1S/C31H30FN7O2S/c1-3-38(4-2)42(40,41)26-14-11-22(12-15-26)31-27-18-25(13-16-29(27)33-35-31)39-21-30(34-36-39)24-9-7-17-37(20-24)19-23-8-5-6-10-28(23)32/h3-6,8,10-16,18,21,24H,1-2,7,9,17,19-20H2,(H,33,35)/t24-/m1/s1. The molecular weight excluding hydrogens is 553 g/mol. The van der Waals surface area contributed by atoms with E-state index in [0.29, 0.717) is 17.8 Å². The summed E-state index contributed by atoms with van der Waals surface area (Å²) >= 11 is 0. The van der Waals surface area contributed by atoms with E-state index in [1.54, 1.807) is 35.0 Å². The average Bonchev–Trinajstić information content (AvgIpc) is 3.67. The van der Waals surface area contributed by atoms with Crippen molar-refractivity contribution >= 4 is 20.9 Å². The number of fused-ring (bicyclic) bond motifs is 1. The van der Waals surface area contributed by atoms with E-state index in [9.17, 15) is 12.8 Å². The van der Waals surface area contributed by atoms with E-state index in [1.807, 2.05) is 36.5 Å². The number of nitrogens with one attached hydrogen (secondary N) is 1. The van der Waals surface area contributed by atoms with Crippen molar-refractivity contribution in [3.63, 3.8) is 0 Å². The van der Waals surface area contributed by atoms with Crippen LogP contribution in [0.5, 0.6) is 0 Å². The number of hydrogen-bond donors (Lipinski definition) is 1. The second-order valence-corrected chi connectivity index (χ2v) is 12.1. The highest BCUT2D eigenvalue weighted by molar-refractivity contribution is 7.89. The number of piperidine rings is 1. The van der Waals surface area contributed by atoms with Gasteiger partial charge in [-0.05, 0) is 55.8 Å². The van der Waals surface area contributed by atoms with Crippen LogP contribution in [-0.2, 0) is 16.6 Å². The predicted octanol–water partition coefficient (Wildman–Crippen LogP) is 5.61. The molecule has 6 rings (SSSR count). The van der Waals surface area contributed by atoms with Crippen molar-refractivity contribution < 1.29 is 12.8 Å². The van der Waals surface area contributed by atoms with Crippen molar-refractivity contribution in [3.8, 4) is 16.9 Å². The van der Waals surface area contributed by atoms with E-state index in [2.05, 4.69) is 38.6 Å². The zero-order chi connectivity index (χ0) is 29.3. The number of sulfonamides is 1. The third-order valence-corrected chi connectivity index (χ3v) is 9.38. The second-order valence-electron chi connectivity index (χ2n) is 10.3. The van der Waals surface area contributed by atoms with Crippen LogP contribution in [0.3, 0.4) is 0 Å². The highest BCUT2D eigenvalue weighted by Gasteiger charge is 2.25. The van der Waals surface area contributed by atoms with E-state index >= 15 is 0 Å². The minimum Gasteiger partial charge on any atom is -0.298 e. The molecule has 214 valence electrons. The Hall–Kier alpha value is -4.61. The fraction of sp³-hybridized carbons (Fsp3) is 0.194. The number of rotatable bonds is 9. The Labute approximate surface area is 243 Å². The topological polar surface area (TPSA) is 100 Å². The quantitative estimate of drug-likeness (QED) is 0.242. The summed E-state index contributed by atoms with van der Waals surface area (Å²) in [7, 11) is -3.77. The Bertz CT molecular complexity index is 1860. The van der Waals surface area contributed by atoms with Gasteiger partial charge in [0.05, 0.1) is 33.7 Å². The molecule has 0 radical (unpaired) electrons. The molecule has 0 unspecified atom stereocenters. The van der Waals surface area contributed by atoms with E-state index < -0.39 is 10.0 Å². The first-order chi connectivity index (χ1) is 20.4. The Kier molecular flexibility index (Phi) is 7.44. The van der Waals surface area contributed by atoms with Crippen molar-refractivity contribution in [2.45, 2.75) is 30.2 Å². The highest BCUT2D eigenvalue weighted by Crippen LogP contribution is 2.31. The largest absolute Gasteiger partial charge is 0.298 e. The van der Waals surface area contributed by atoms with Crippen molar-refractivity contribution in [2.24, 2.45) is 0 Å². The molecule has 9 nitrogen and oxygen atoms in total. The zero-order valence-electron chi connectivity index (χ0n) is 22.9. The van der Waals surface area contributed by atoms with Crippen molar-refractivity contribution in [2.75, 3.05) is 13.1 Å². The van der Waals surface area contributed by atoms with Gasteiger partial charge in [0.2, 0.25) is 0 Å². The number of hydrogen-bond acceptors (Lipinski definition) is 6. The molecule has 1 atom stereocenters. The first-order valence-electron chi connectivity index (χ1n) is 13.6. The fourth-order valence-electron chi connectivity index (χ4n) is 5.44. The third-order valence-electron chi connectivity index (χ3n) is 7.66. The van der Waals surface area contributed by atoms with E-state index in [-0.39, 0.29) is 16.6 Å². The molecule has 0 saturated carbocycles. The number of aromatic nitrogens is 5. The van der Waals surface area contributed by atoms with Gasteiger partial charge in [-0.3, -0.25) is 14.3 Å². The lowest BCUT2D eigenvalue weighted by molar-refractivity contribution is 0.196. The first kappa shape index (κ1) is 27.6. The van der Waals surface area contributed by atoms with Gasteiger partial charge >= 0.3 is 0 Å². The molecule has 1 N–H and O–H groups in total. The van der Waals surface area contributed by atoms with Crippen LogP contribution in [0.1, 0.15) is 30.0 Å². The minimum atomic E-state index is -3.77. The molecule has 0 amide bonds. The Morgan fingerprint density at radius 2 is 1.86 bits per heavy atom. The monoisotopic (exact) mass is 583 g/mol. The summed E-state index contributed by atoms with van der Waals surface area (Å²) in [6.07, 6.45) is 6.37. The van der Waals surface area contributed by atoms with Gasteiger partial charge < -0.3 is 0 Å². The molecule has 1 fully saturated rings. The minimum absolute atomic E-state index is 0.122. The van der Waals surface area contributed by atoms with E-state index in [0.717, 1.165) is 58.1 Å². The summed E-state index contributed by atoms with van der Waals surface area (Å²) in [6, 6.07) is 19.3. The van der Waals surface area contributed by atoms with E-state index in [4.69, 9.17) is 0 Å². The van der Waals surface area contributed by atoms with Crippen molar-refractivity contribution in [1.82, 2.24) is 34.4 Å². The molecule has 42 heavy (non-hydrogen) atoms. The fourth-order valence-corrected chi connectivity index (χ4v) is 6.56. The van der Waals surface area contributed by atoms with Crippen LogP contribution in [0.4, 0.5) is 4.39 Å². The Morgan fingerprint density at radius 1 is 1.07 bits per heavy atom. The molecule has 11 heteroatoms. The number of nitrogens with zero attached hydrogens (tertiary/aromatic N) is 6. The molecule has 0 spiro atoms. The summed E-state index contributed by atoms with van der Waals surface area (Å²) in [4.78, 5) is 2.40. The van der Waals surface area contributed by atoms with Gasteiger partial charge in [0.1, 0.15) is 5.82 Å². The molecule has 1 saturated heterocycles. The van der Waals surface area contributed by atoms with Crippen LogP contribution >= 0.6 is 0 Å². The van der Waals surface area contributed by atoms with Gasteiger partial charge in [0.25, 0.3) is 10.0 Å². The summed E-state index contributed by atoms with van der Waals surface area (Å²) < 4.78 is 42.5. The van der Waals surface area contributed by atoms with E-state index in [1.165, 1.54) is 18.5 Å². The number of H-pyrrole nitrogens is 1. The van der Waals surface area contributed by atoms with Crippen molar-refractivity contribution in [3.05, 3.63) is 116 Å². The zero-order valence-corrected chi connectivity index (χ0v) is 23.7. The van der Waals surface area contributed by atoms with Crippen LogP contribution in [0.2, 0.25) is 0 Å². The second kappa shape index (κ2) is 11.3. The Morgan fingerprint density at radius 3 is 2.62 bits per heavy atom. The summed E-state index contributed by atoms with van der Waals surface area (Å²) in [5, 5.41) is 17.3. The molecule has 0 aliphatic carbocycles. The molecule has 2 aromatic heterocycles. The number of benzene rings is 3. The summed E-state index contributed by atoms with van der Waals surface area (Å²) in [6.45, 7) is 9.36. The lowest BCUT2D eigenvalue weighted by atomic mass is 9.95. The smallest absolute Gasteiger partial charge is 0.267 e. The maximum atomic E-state index is 14.2. The molecule has 1 aliphatic heterocycles. The summed E-state index contributed by atoms with van der Waals surface area (Å²) in [5.41, 5.74) is 4.73. The first-order valence-corrected chi connectivity index (χ1v) is 15.1. The maximum Gasteiger partial charge on any atom is 0.267 e. The van der Waals surface area contributed by atoms with Crippen LogP contribution in [-0.4, -0.2) is 55.9 Å². The SMILES string of the molecule is C=CN(C=C)S(=O)(=O)c1ccc(-c2n[nH]c3ccc(-n4cc([C@@H]5CCCN(Cc6ccccc6F)C5)nn4)cc23)cc1. The van der Waals surface area contributed by atoms with Crippen LogP contribution in [0.15, 0.2) is 103 Å². The van der Waals surface area contributed by atoms with Crippen LogP contribution in [0.25, 0.3) is 27.8 Å². The van der Waals surface area contributed by atoms with Gasteiger partial charge in [0.15, 0.2) is 0 Å². The van der Waals surface area contributed by atoms with Gasteiger partial charge in [-0.25, -0.2) is 17.5 Å². The van der Waals surface area contributed by atoms with Gasteiger partial charge in [-0.15, -0.1) is 5.10 Å². The van der Waals surface area contributed by atoms with Crippen LogP contribution < -0.4 is 0 Å². The lowest BCUT2D eigenvalue weighted by Gasteiger charge is -2.31. The van der Waals surface area contributed by atoms with Crippen molar-refractivity contribution in [1.29, 1.82) is 0 Å². The Balaban J connectivity index is 1.22. The van der Waals surface area contributed by atoms with Gasteiger partial charge in [-0.2, -0.15) is 5.10 Å². The lowest BCUT2D eigenvalue weighted by Crippen LogP contribution is -2.34. The van der Waals surface area contributed by atoms with Gasteiger partial charge in [0, 0.05) is 47.9 Å². The number of likely N-dealkylation sites (tertiary alicyclic amines) is 1. The maximum absolute atomic E-state index is 14.2. The molecular formula is C31H30FN7O2S.